The number of fused-ring (bicyclic) bond motifs is 7. The number of rotatable bonds is 7. The van der Waals surface area contributed by atoms with Crippen LogP contribution in [0.4, 0.5) is 17.1 Å². The van der Waals surface area contributed by atoms with Gasteiger partial charge in [-0.1, -0.05) is 188 Å². The molecule has 0 N–H and O–H groups in total. The van der Waals surface area contributed by atoms with Crippen LogP contribution in [0.1, 0.15) is 0 Å². The second kappa shape index (κ2) is 15.7. The van der Waals surface area contributed by atoms with Crippen molar-refractivity contribution in [1.82, 2.24) is 14.5 Å². The van der Waals surface area contributed by atoms with Crippen molar-refractivity contribution in [2.45, 2.75) is 0 Å². The Morgan fingerprint density at radius 3 is 1.36 bits per heavy atom. The summed E-state index contributed by atoms with van der Waals surface area (Å²) in [4.78, 5) is 12.7. The number of nitrogens with zero attached hydrogens (tertiary/aromatic N) is 4. The van der Waals surface area contributed by atoms with E-state index in [1.54, 1.807) is 0 Å². The summed E-state index contributed by atoms with van der Waals surface area (Å²) >= 11 is 0. The molecule has 0 aliphatic carbocycles. The Labute approximate surface area is 372 Å². The van der Waals surface area contributed by atoms with Crippen LogP contribution in [0.25, 0.3) is 95.1 Å². The van der Waals surface area contributed by atoms with Crippen LogP contribution >= 0.6 is 0 Å². The molecule has 0 radical (unpaired) electrons. The largest absolute Gasteiger partial charge is 0.309 e. The Hall–Kier alpha value is -8.60. The summed E-state index contributed by atoms with van der Waals surface area (Å²) < 4.78 is 2.45. The number of anilines is 3. The first-order valence-electron chi connectivity index (χ1n) is 21.7. The topological polar surface area (TPSA) is 34.0 Å². The normalized spacial score (nSPS) is 11.7. The molecule has 300 valence electrons. The zero-order valence-electron chi connectivity index (χ0n) is 34.9. The third-order valence-corrected chi connectivity index (χ3v) is 12.4. The van der Waals surface area contributed by atoms with Gasteiger partial charge in [0.2, 0.25) is 0 Å². The summed E-state index contributed by atoms with van der Waals surface area (Å²) in [6, 6.07) is 86.4. The fourth-order valence-corrected chi connectivity index (χ4v) is 9.33. The van der Waals surface area contributed by atoms with Crippen molar-refractivity contribution in [3.63, 3.8) is 0 Å². The predicted molar refractivity (Wildman–Crippen MR) is 265 cm³/mol. The Morgan fingerprint density at radius 2 is 0.750 bits per heavy atom. The molecule has 3 heterocycles. The first kappa shape index (κ1) is 37.2. The molecule has 0 spiro atoms. The van der Waals surface area contributed by atoms with Crippen LogP contribution in [-0.4, -0.2) is 14.5 Å². The van der Waals surface area contributed by atoms with E-state index in [0.29, 0.717) is 5.82 Å². The number of aromatic nitrogens is 3. The van der Waals surface area contributed by atoms with Crippen molar-refractivity contribution in [3.05, 3.63) is 243 Å². The van der Waals surface area contributed by atoms with E-state index in [9.17, 15) is 0 Å². The Kier molecular flexibility index (Phi) is 9.12. The minimum absolute atomic E-state index is 0.700. The quantitative estimate of drug-likeness (QED) is 0.161. The van der Waals surface area contributed by atoms with Gasteiger partial charge < -0.3 is 9.47 Å². The van der Waals surface area contributed by atoms with Crippen molar-refractivity contribution in [2.75, 3.05) is 4.90 Å². The van der Waals surface area contributed by atoms with Gasteiger partial charge in [0.25, 0.3) is 0 Å². The van der Waals surface area contributed by atoms with Crippen molar-refractivity contribution < 1.29 is 0 Å². The Morgan fingerprint density at radius 1 is 0.312 bits per heavy atom. The number of hydrogen-bond donors (Lipinski definition) is 0. The first-order chi connectivity index (χ1) is 31.7. The zero-order chi connectivity index (χ0) is 42.4. The van der Waals surface area contributed by atoms with E-state index < -0.39 is 0 Å². The van der Waals surface area contributed by atoms with E-state index in [1.165, 1.54) is 38.9 Å². The van der Waals surface area contributed by atoms with Gasteiger partial charge >= 0.3 is 0 Å². The fourth-order valence-electron chi connectivity index (χ4n) is 9.33. The lowest BCUT2D eigenvalue weighted by molar-refractivity contribution is 1.13. The predicted octanol–water partition coefficient (Wildman–Crippen LogP) is 15.9. The highest BCUT2D eigenvalue weighted by Crippen LogP contribution is 2.54. The first-order valence-corrected chi connectivity index (χ1v) is 21.7. The van der Waals surface area contributed by atoms with Crippen LogP contribution in [0.3, 0.4) is 0 Å². The fraction of sp³-hybridized carbons (Fsp3) is 0. The molecule has 0 atom stereocenters. The van der Waals surface area contributed by atoms with Crippen LogP contribution in [0, 0.1) is 0 Å². The van der Waals surface area contributed by atoms with Gasteiger partial charge in [0, 0.05) is 50.1 Å². The summed E-state index contributed by atoms with van der Waals surface area (Å²) in [5.41, 5.74) is 19.9. The minimum atomic E-state index is 0.700. The molecule has 0 fully saturated rings. The lowest BCUT2D eigenvalue weighted by Crippen LogP contribution is -2.11. The second-order valence-electron chi connectivity index (χ2n) is 16.2. The highest BCUT2D eigenvalue weighted by atomic mass is 15.2. The van der Waals surface area contributed by atoms with Gasteiger partial charge in [-0.25, -0.2) is 9.97 Å². The molecule has 1 aliphatic heterocycles. The van der Waals surface area contributed by atoms with E-state index in [0.717, 1.165) is 67.5 Å². The average Bonchev–Trinajstić information content (AvgIpc) is 3.65. The SMILES string of the molecule is c1ccc(-c2ccc(-c3cc(-c4ccc(-c5ccc6c(c5)c5c(n6-c6ccccc6)-c6ccccc6N(c6ccccc6)c6ccccc6-5)cc4)nc(-c4ccccc4)n3)cc2)cc1. The van der Waals surface area contributed by atoms with Gasteiger partial charge in [0.15, 0.2) is 5.82 Å². The van der Waals surface area contributed by atoms with Crippen LogP contribution in [0.15, 0.2) is 243 Å². The number of para-hydroxylation sites is 4. The number of benzene rings is 9. The highest BCUT2D eigenvalue weighted by molar-refractivity contribution is 6.13. The van der Waals surface area contributed by atoms with Gasteiger partial charge in [-0.2, -0.15) is 0 Å². The molecule has 11 aromatic rings. The van der Waals surface area contributed by atoms with Gasteiger partial charge in [0.1, 0.15) is 0 Å². The molecule has 0 bridgehead atoms. The van der Waals surface area contributed by atoms with Crippen LogP contribution in [0.2, 0.25) is 0 Å². The molecule has 0 amide bonds. The molecule has 64 heavy (non-hydrogen) atoms. The number of hydrogen-bond acceptors (Lipinski definition) is 3. The molecule has 2 aromatic heterocycles. The molecule has 0 unspecified atom stereocenters. The third kappa shape index (κ3) is 6.48. The summed E-state index contributed by atoms with van der Waals surface area (Å²) in [5.74, 6) is 0.700. The summed E-state index contributed by atoms with van der Waals surface area (Å²) in [7, 11) is 0. The smallest absolute Gasteiger partial charge is 0.160 e. The van der Waals surface area contributed by atoms with Crippen LogP contribution in [-0.2, 0) is 0 Å². The Bertz CT molecular complexity index is 3450. The van der Waals surface area contributed by atoms with Crippen molar-refractivity contribution >= 4 is 28.0 Å². The second-order valence-corrected chi connectivity index (χ2v) is 16.2. The van der Waals surface area contributed by atoms with E-state index >= 15 is 0 Å². The average molecular weight is 817 g/mol. The van der Waals surface area contributed by atoms with Crippen LogP contribution in [0.5, 0.6) is 0 Å². The Balaban J connectivity index is 0.994. The lowest BCUT2D eigenvalue weighted by atomic mass is 9.95. The van der Waals surface area contributed by atoms with Gasteiger partial charge in [-0.05, 0) is 76.9 Å². The molecule has 9 aromatic carbocycles. The van der Waals surface area contributed by atoms with Crippen LogP contribution < -0.4 is 4.90 Å². The lowest BCUT2D eigenvalue weighted by Gasteiger charge is -2.27. The monoisotopic (exact) mass is 816 g/mol. The molecular formula is C60H40N4. The molecule has 4 heteroatoms. The maximum Gasteiger partial charge on any atom is 0.160 e. The molecule has 1 aliphatic rings. The van der Waals surface area contributed by atoms with E-state index in [2.05, 4.69) is 228 Å². The summed E-state index contributed by atoms with van der Waals surface area (Å²) in [6.07, 6.45) is 0. The maximum atomic E-state index is 5.15. The van der Waals surface area contributed by atoms with Crippen molar-refractivity contribution in [1.29, 1.82) is 0 Å². The van der Waals surface area contributed by atoms with Gasteiger partial charge in [-0.3, -0.25) is 0 Å². The third-order valence-electron chi connectivity index (χ3n) is 12.4. The van der Waals surface area contributed by atoms with Crippen molar-refractivity contribution in [3.8, 4) is 84.2 Å². The molecule has 4 nitrogen and oxygen atoms in total. The van der Waals surface area contributed by atoms with Gasteiger partial charge in [0.05, 0.1) is 34.0 Å². The minimum Gasteiger partial charge on any atom is -0.309 e. The van der Waals surface area contributed by atoms with E-state index in [4.69, 9.17) is 9.97 Å². The molecule has 12 rings (SSSR count). The molecule has 0 saturated heterocycles. The van der Waals surface area contributed by atoms with Crippen molar-refractivity contribution in [2.24, 2.45) is 0 Å². The van der Waals surface area contributed by atoms with E-state index in [1.807, 2.05) is 24.3 Å². The molecule has 0 saturated carbocycles. The standard InChI is InChI=1S/C60H40N4/c1-5-17-41(18-6-1)42-29-33-44(34-30-42)53-40-54(62-60(61-53)46-19-7-2-8-20-46)45-35-31-43(32-36-45)47-37-38-57-52(39-47)58-50-25-13-15-27-55(50)63(48-21-9-3-10-22-48)56-28-16-14-26-51(56)59(58)64(57)49-23-11-4-12-24-49/h1-40H. The molecular weight excluding hydrogens is 777 g/mol. The zero-order valence-corrected chi connectivity index (χ0v) is 34.9. The summed E-state index contributed by atoms with van der Waals surface area (Å²) in [6.45, 7) is 0. The van der Waals surface area contributed by atoms with Gasteiger partial charge in [-0.15, -0.1) is 0 Å². The van der Waals surface area contributed by atoms with E-state index in [-0.39, 0.29) is 0 Å². The maximum absolute atomic E-state index is 5.15. The highest BCUT2D eigenvalue weighted by Gasteiger charge is 2.31. The summed E-state index contributed by atoms with van der Waals surface area (Å²) in [5, 5.41) is 1.20.